The second kappa shape index (κ2) is 6.75. The monoisotopic (exact) mass is 338 g/mol. The van der Waals surface area contributed by atoms with Crippen LogP contribution in [0.3, 0.4) is 0 Å². The molecule has 2 aromatic rings. The van der Waals surface area contributed by atoms with Crippen molar-refractivity contribution in [3.05, 3.63) is 58.9 Å². The van der Waals surface area contributed by atoms with Crippen LogP contribution in [0.1, 0.15) is 16.7 Å². The Morgan fingerprint density at radius 1 is 1.05 bits per heavy atom. The number of hydrogen-bond acceptors (Lipinski definition) is 2. The maximum Gasteiger partial charge on any atom is 0.125 e. The Balaban J connectivity index is 2.18. The molecule has 0 amide bonds. The second-order valence-corrected chi connectivity index (χ2v) is 5.05. The summed E-state index contributed by atoms with van der Waals surface area (Å²) in [5, 5.41) is 0.547. The first-order valence-corrected chi connectivity index (χ1v) is 7.37. The number of alkyl halides is 1. The van der Waals surface area contributed by atoms with Crippen molar-refractivity contribution in [2.45, 2.75) is 18.9 Å². The Morgan fingerprint density at radius 3 is 2.50 bits per heavy atom. The molecule has 0 fully saturated rings. The number of benzene rings is 2. The third kappa shape index (κ3) is 3.51. The Hall–Kier alpha value is -1.55. The van der Waals surface area contributed by atoms with Crippen molar-refractivity contribution >= 4 is 15.9 Å². The average molecular weight is 339 g/mol. The van der Waals surface area contributed by atoms with Gasteiger partial charge in [-0.2, -0.15) is 0 Å². The summed E-state index contributed by atoms with van der Waals surface area (Å²) in [5.41, 5.74) is 2.90. The van der Waals surface area contributed by atoms with Crippen LogP contribution in [-0.4, -0.2) is 7.11 Å². The van der Waals surface area contributed by atoms with Crippen LogP contribution in [-0.2, 0) is 11.9 Å². The van der Waals surface area contributed by atoms with E-state index in [4.69, 9.17) is 9.47 Å². The predicted octanol–water partition coefficient (Wildman–Crippen LogP) is 4.62. The summed E-state index contributed by atoms with van der Waals surface area (Å²) in [7, 11) is 1.63. The number of halogens is 2. The molecule has 0 radical (unpaired) electrons. The highest BCUT2D eigenvalue weighted by atomic mass is 79.9. The smallest absolute Gasteiger partial charge is 0.125 e. The number of methoxy groups -OCH3 is 1. The molecule has 4 heteroatoms. The molecule has 106 valence electrons. The van der Waals surface area contributed by atoms with Crippen LogP contribution < -0.4 is 9.47 Å². The summed E-state index contributed by atoms with van der Waals surface area (Å²) in [6, 6.07) is 10.4. The van der Waals surface area contributed by atoms with Crippen molar-refractivity contribution in [3.63, 3.8) is 0 Å². The van der Waals surface area contributed by atoms with Gasteiger partial charge in [0.25, 0.3) is 0 Å². The van der Waals surface area contributed by atoms with Crippen LogP contribution in [0.25, 0.3) is 0 Å². The van der Waals surface area contributed by atoms with Gasteiger partial charge < -0.3 is 9.47 Å². The maximum absolute atomic E-state index is 13.2. The van der Waals surface area contributed by atoms with Gasteiger partial charge in [-0.3, -0.25) is 0 Å². The summed E-state index contributed by atoms with van der Waals surface area (Å²) in [5.74, 6) is 1.20. The van der Waals surface area contributed by atoms with Crippen LogP contribution in [0.2, 0.25) is 0 Å². The summed E-state index contributed by atoms with van der Waals surface area (Å²) < 4.78 is 24.3. The molecule has 0 aliphatic carbocycles. The van der Waals surface area contributed by atoms with Crippen molar-refractivity contribution in [2.24, 2.45) is 0 Å². The largest absolute Gasteiger partial charge is 0.496 e. The predicted molar refractivity (Wildman–Crippen MR) is 81.1 cm³/mol. The molecule has 0 saturated heterocycles. The van der Waals surface area contributed by atoms with Crippen LogP contribution in [0.5, 0.6) is 11.5 Å². The Labute approximate surface area is 126 Å². The first-order chi connectivity index (χ1) is 9.63. The lowest BCUT2D eigenvalue weighted by Gasteiger charge is -2.13. The molecular weight excluding hydrogens is 323 g/mol. The van der Waals surface area contributed by atoms with Gasteiger partial charge in [0, 0.05) is 16.5 Å². The standard InChI is InChI=1S/C16H16BrFO2/c1-11-3-5-15(19-2)13(7-11)10-20-16-6-4-14(18)8-12(16)9-17/h3-8H,9-10H2,1-2H3. The lowest BCUT2D eigenvalue weighted by Crippen LogP contribution is -2.01. The lowest BCUT2D eigenvalue weighted by atomic mass is 10.1. The minimum Gasteiger partial charge on any atom is -0.496 e. The molecule has 0 heterocycles. The highest BCUT2D eigenvalue weighted by Crippen LogP contribution is 2.26. The number of rotatable bonds is 5. The highest BCUT2D eigenvalue weighted by molar-refractivity contribution is 9.08. The molecular formula is C16H16BrFO2. The van der Waals surface area contributed by atoms with E-state index in [9.17, 15) is 4.39 Å². The van der Waals surface area contributed by atoms with E-state index in [0.717, 1.165) is 22.4 Å². The topological polar surface area (TPSA) is 18.5 Å². The van der Waals surface area contributed by atoms with Crippen LogP contribution in [0.4, 0.5) is 4.39 Å². The molecule has 0 atom stereocenters. The minimum atomic E-state index is -0.264. The number of hydrogen-bond donors (Lipinski definition) is 0. The zero-order chi connectivity index (χ0) is 14.5. The Bertz CT molecular complexity index is 599. The fourth-order valence-electron chi connectivity index (χ4n) is 1.97. The molecule has 20 heavy (non-hydrogen) atoms. The third-order valence-electron chi connectivity index (χ3n) is 2.99. The van der Waals surface area contributed by atoms with Gasteiger partial charge in [0.1, 0.15) is 23.9 Å². The molecule has 2 aromatic carbocycles. The van der Waals surface area contributed by atoms with E-state index in [2.05, 4.69) is 15.9 Å². The first kappa shape index (κ1) is 14.9. The molecule has 0 bridgehead atoms. The molecule has 0 aliphatic rings. The van der Waals surface area contributed by atoms with E-state index in [0.29, 0.717) is 17.7 Å². The average Bonchev–Trinajstić information content (AvgIpc) is 2.46. The van der Waals surface area contributed by atoms with Crippen molar-refractivity contribution in [3.8, 4) is 11.5 Å². The fraction of sp³-hybridized carbons (Fsp3) is 0.250. The summed E-state index contributed by atoms with van der Waals surface area (Å²) >= 11 is 3.34. The quantitative estimate of drug-likeness (QED) is 0.741. The number of aryl methyl sites for hydroxylation is 1. The molecule has 0 saturated carbocycles. The van der Waals surface area contributed by atoms with E-state index >= 15 is 0 Å². The Morgan fingerprint density at radius 2 is 1.80 bits per heavy atom. The lowest BCUT2D eigenvalue weighted by molar-refractivity contribution is 0.294. The van der Waals surface area contributed by atoms with Crippen molar-refractivity contribution in [1.29, 1.82) is 0 Å². The fourth-order valence-corrected chi connectivity index (χ4v) is 2.41. The van der Waals surface area contributed by atoms with Crippen LogP contribution in [0.15, 0.2) is 36.4 Å². The van der Waals surface area contributed by atoms with Crippen LogP contribution >= 0.6 is 15.9 Å². The summed E-state index contributed by atoms with van der Waals surface area (Å²) in [6.45, 7) is 2.40. The molecule has 0 spiro atoms. The molecule has 0 aliphatic heterocycles. The van der Waals surface area contributed by atoms with Gasteiger partial charge in [0.05, 0.1) is 7.11 Å². The van der Waals surface area contributed by atoms with Gasteiger partial charge in [0.2, 0.25) is 0 Å². The molecule has 0 unspecified atom stereocenters. The van der Waals surface area contributed by atoms with E-state index < -0.39 is 0 Å². The molecule has 2 rings (SSSR count). The van der Waals surface area contributed by atoms with E-state index in [1.807, 2.05) is 25.1 Å². The number of ether oxygens (including phenoxy) is 2. The normalized spacial score (nSPS) is 10.4. The zero-order valence-electron chi connectivity index (χ0n) is 11.5. The maximum atomic E-state index is 13.2. The second-order valence-electron chi connectivity index (χ2n) is 4.49. The van der Waals surface area contributed by atoms with Gasteiger partial charge in [-0.25, -0.2) is 4.39 Å². The molecule has 2 nitrogen and oxygen atoms in total. The molecule has 0 aromatic heterocycles. The van der Waals surface area contributed by atoms with Gasteiger partial charge in [-0.1, -0.05) is 27.6 Å². The molecule has 0 N–H and O–H groups in total. The van der Waals surface area contributed by atoms with E-state index in [-0.39, 0.29) is 5.82 Å². The van der Waals surface area contributed by atoms with E-state index in [1.165, 1.54) is 12.1 Å². The van der Waals surface area contributed by atoms with Gasteiger partial charge >= 0.3 is 0 Å². The first-order valence-electron chi connectivity index (χ1n) is 6.24. The zero-order valence-corrected chi connectivity index (χ0v) is 13.0. The SMILES string of the molecule is COc1ccc(C)cc1COc1ccc(F)cc1CBr. The summed E-state index contributed by atoms with van der Waals surface area (Å²) in [6.07, 6.45) is 0. The van der Waals surface area contributed by atoms with Crippen molar-refractivity contribution < 1.29 is 13.9 Å². The van der Waals surface area contributed by atoms with Gasteiger partial charge in [0.15, 0.2) is 0 Å². The Kier molecular flexibility index (Phi) is 5.01. The van der Waals surface area contributed by atoms with Crippen molar-refractivity contribution in [1.82, 2.24) is 0 Å². The van der Waals surface area contributed by atoms with Crippen LogP contribution in [0, 0.1) is 12.7 Å². The highest BCUT2D eigenvalue weighted by Gasteiger charge is 2.08. The summed E-state index contributed by atoms with van der Waals surface area (Å²) in [4.78, 5) is 0. The van der Waals surface area contributed by atoms with Crippen molar-refractivity contribution in [2.75, 3.05) is 7.11 Å². The minimum absolute atomic E-state index is 0.264. The third-order valence-corrected chi connectivity index (χ3v) is 3.59. The van der Waals surface area contributed by atoms with E-state index in [1.54, 1.807) is 13.2 Å². The van der Waals surface area contributed by atoms with Gasteiger partial charge in [-0.15, -0.1) is 0 Å². The van der Waals surface area contributed by atoms with Gasteiger partial charge in [-0.05, 0) is 37.3 Å².